The molecule has 2 aromatic heterocycles. The zero-order valence-electron chi connectivity index (χ0n) is 17.2. The first kappa shape index (κ1) is 20.9. The molecule has 1 saturated carbocycles. The molecule has 0 aliphatic heterocycles. The lowest BCUT2D eigenvalue weighted by atomic mass is 10.2. The Balaban J connectivity index is 1.50. The molecule has 1 N–H and O–H groups in total. The quantitative estimate of drug-likeness (QED) is 0.493. The highest BCUT2D eigenvalue weighted by molar-refractivity contribution is 5.91. The van der Waals surface area contributed by atoms with Gasteiger partial charge in [-0.1, -0.05) is 24.3 Å². The number of anilines is 1. The summed E-state index contributed by atoms with van der Waals surface area (Å²) in [6.07, 6.45) is -1.07. The van der Waals surface area contributed by atoms with E-state index in [2.05, 4.69) is 15.5 Å². The van der Waals surface area contributed by atoms with Gasteiger partial charge in [-0.2, -0.15) is 23.4 Å². The Bertz CT molecular complexity index is 1410. The van der Waals surface area contributed by atoms with E-state index in [9.17, 15) is 22.8 Å². The lowest BCUT2D eigenvalue weighted by molar-refractivity contribution is -0.137. The molecule has 1 aliphatic carbocycles. The normalized spacial score (nSPS) is 13.9. The smallest absolute Gasteiger partial charge is 0.324 e. The zero-order valence-corrected chi connectivity index (χ0v) is 17.2. The fourth-order valence-electron chi connectivity index (χ4n) is 3.73. The number of hydrogen-bond donors (Lipinski definition) is 1. The van der Waals surface area contributed by atoms with Gasteiger partial charge in [0, 0.05) is 17.0 Å². The van der Waals surface area contributed by atoms with Crippen LogP contribution in [-0.2, 0) is 17.5 Å². The Morgan fingerprint density at radius 1 is 1.09 bits per heavy atom. The number of carbonyl (C=O) groups is 1. The van der Waals surface area contributed by atoms with Gasteiger partial charge in [-0.3, -0.25) is 9.59 Å². The molecule has 1 fully saturated rings. The number of halogens is 3. The minimum absolute atomic E-state index is 0.0132. The van der Waals surface area contributed by atoms with Crippen LogP contribution >= 0.6 is 0 Å². The summed E-state index contributed by atoms with van der Waals surface area (Å²) in [4.78, 5) is 25.9. The van der Waals surface area contributed by atoms with Crippen molar-refractivity contribution in [3.8, 4) is 5.69 Å². The Kier molecular flexibility index (Phi) is 4.99. The lowest BCUT2D eigenvalue weighted by Gasteiger charge is -2.12. The minimum atomic E-state index is -4.53. The fourth-order valence-corrected chi connectivity index (χ4v) is 3.73. The number of nitrogens with zero attached hydrogens (tertiary/aromatic N) is 4. The van der Waals surface area contributed by atoms with Gasteiger partial charge in [0.1, 0.15) is 12.1 Å². The minimum Gasteiger partial charge on any atom is -0.324 e. The Morgan fingerprint density at radius 3 is 2.55 bits per heavy atom. The van der Waals surface area contributed by atoms with Crippen LogP contribution in [0.15, 0.2) is 65.6 Å². The first-order chi connectivity index (χ1) is 15.8. The molecular weight excluding hydrogens is 435 g/mol. The summed E-state index contributed by atoms with van der Waals surface area (Å²) in [5.41, 5.74) is 0.302. The maximum absolute atomic E-state index is 13.3. The predicted molar refractivity (Wildman–Crippen MR) is 115 cm³/mol. The number of hydrogen-bond acceptors (Lipinski definition) is 4. The number of alkyl halides is 3. The third-order valence-corrected chi connectivity index (χ3v) is 5.44. The highest BCUT2D eigenvalue weighted by atomic mass is 19.4. The molecule has 0 saturated heterocycles. The Hall–Kier alpha value is -3.95. The van der Waals surface area contributed by atoms with Gasteiger partial charge in [0.05, 0.1) is 23.1 Å². The first-order valence-electron chi connectivity index (χ1n) is 10.3. The number of fused-ring (bicyclic) bond motifs is 1. The standard InChI is InChI=1S/C23H18F3N5O2/c24-23(25,26)15-5-4-6-16(11-15)28-19(32)13-30-22(33)21-18(20(29-30)14-9-10-14)12-27-31(21)17-7-2-1-3-8-17/h1-8,11-12,14H,9-10,13H2,(H,28,32). The highest BCUT2D eigenvalue weighted by Gasteiger charge is 2.31. The lowest BCUT2D eigenvalue weighted by Crippen LogP contribution is -2.31. The highest BCUT2D eigenvalue weighted by Crippen LogP contribution is 2.41. The van der Waals surface area contributed by atoms with Crippen molar-refractivity contribution in [2.75, 3.05) is 5.32 Å². The van der Waals surface area contributed by atoms with E-state index in [0.29, 0.717) is 22.3 Å². The summed E-state index contributed by atoms with van der Waals surface area (Å²) < 4.78 is 41.4. The summed E-state index contributed by atoms with van der Waals surface area (Å²) >= 11 is 0. The van der Waals surface area contributed by atoms with E-state index < -0.39 is 29.8 Å². The molecule has 0 unspecified atom stereocenters. The summed E-state index contributed by atoms with van der Waals surface area (Å²) in [7, 11) is 0. The van der Waals surface area contributed by atoms with Crippen molar-refractivity contribution in [2.24, 2.45) is 0 Å². The van der Waals surface area contributed by atoms with Crippen molar-refractivity contribution in [3.05, 3.63) is 82.4 Å². The monoisotopic (exact) mass is 453 g/mol. The maximum Gasteiger partial charge on any atom is 0.416 e. The largest absolute Gasteiger partial charge is 0.416 e. The molecule has 1 amide bonds. The van der Waals surface area contributed by atoms with Gasteiger partial charge in [-0.05, 0) is 43.2 Å². The second kappa shape index (κ2) is 7.88. The third-order valence-electron chi connectivity index (χ3n) is 5.44. The van der Waals surface area contributed by atoms with Crippen LogP contribution in [0.25, 0.3) is 16.6 Å². The molecule has 10 heteroatoms. The van der Waals surface area contributed by atoms with Crippen LogP contribution in [0.1, 0.15) is 30.0 Å². The van der Waals surface area contributed by atoms with Gasteiger partial charge in [0.15, 0.2) is 0 Å². The summed E-state index contributed by atoms with van der Waals surface area (Å²) in [5.74, 6) is -0.477. The van der Waals surface area contributed by atoms with E-state index >= 15 is 0 Å². The molecule has 7 nitrogen and oxygen atoms in total. The van der Waals surface area contributed by atoms with Crippen molar-refractivity contribution >= 4 is 22.5 Å². The molecule has 2 heterocycles. The predicted octanol–water partition coefficient (Wildman–Crippen LogP) is 4.12. The van der Waals surface area contributed by atoms with Crippen LogP contribution in [0.3, 0.4) is 0 Å². The summed E-state index contributed by atoms with van der Waals surface area (Å²) in [6, 6.07) is 13.5. The molecular formula is C23H18F3N5O2. The molecule has 5 rings (SSSR count). The number of carbonyl (C=O) groups excluding carboxylic acids is 1. The number of aromatic nitrogens is 4. The second-order valence-electron chi connectivity index (χ2n) is 7.90. The SMILES string of the molecule is O=C(Cn1nc(C2CC2)c2cnn(-c3ccccc3)c2c1=O)Nc1cccc(C(F)(F)F)c1. The Morgan fingerprint density at radius 2 is 1.85 bits per heavy atom. The van der Waals surface area contributed by atoms with E-state index in [1.165, 1.54) is 16.8 Å². The maximum atomic E-state index is 13.3. The van der Waals surface area contributed by atoms with Crippen LogP contribution in [0, 0.1) is 0 Å². The van der Waals surface area contributed by atoms with Gasteiger partial charge < -0.3 is 5.32 Å². The second-order valence-corrected chi connectivity index (χ2v) is 7.90. The van der Waals surface area contributed by atoms with Crippen LogP contribution in [0.5, 0.6) is 0 Å². The van der Waals surface area contributed by atoms with E-state index in [-0.39, 0.29) is 11.6 Å². The van der Waals surface area contributed by atoms with Crippen molar-refractivity contribution in [3.63, 3.8) is 0 Å². The van der Waals surface area contributed by atoms with Gasteiger partial charge in [-0.15, -0.1) is 0 Å². The van der Waals surface area contributed by atoms with E-state index in [4.69, 9.17) is 0 Å². The van der Waals surface area contributed by atoms with Crippen molar-refractivity contribution in [1.29, 1.82) is 0 Å². The fraction of sp³-hybridized carbons (Fsp3) is 0.217. The van der Waals surface area contributed by atoms with Gasteiger partial charge in [-0.25, -0.2) is 9.36 Å². The number of para-hydroxylation sites is 1. The van der Waals surface area contributed by atoms with E-state index in [1.54, 1.807) is 6.20 Å². The van der Waals surface area contributed by atoms with Gasteiger partial charge in [0.25, 0.3) is 5.56 Å². The average molecular weight is 453 g/mol. The molecule has 0 radical (unpaired) electrons. The third kappa shape index (κ3) is 4.11. The first-order valence-corrected chi connectivity index (χ1v) is 10.3. The van der Waals surface area contributed by atoms with Crippen LogP contribution in [0.4, 0.5) is 18.9 Å². The molecule has 2 aromatic carbocycles. The summed E-state index contributed by atoms with van der Waals surface area (Å²) in [5, 5.41) is 11.9. The molecule has 0 atom stereocenters. The van der Waals surface area contributed by atoms with E-state index in [0.717, 1.165) is 29.7 Å². The number of amides is 1. The van der Waals surface area contributed by atoms with E-state index in [1.807, 2.05) is 30.3 Å². The number of rotatable bonds is 5. The number of nitrogens with one attached hydrogen (secondary N) is 1. The molecule has 1 aliphatic rings. The van der Waals surface area contributed by atoms with Crippen molar-refractivity contribution < 1.29 is 18.0 Å². The van der Waals surface area contributed by atoms with Crippen LogP contribution in [0.2, 0.25) is 0 Å². The van der Waals surface area contributed by atoms with Crippen LogP contribution in [-0.4, -0.2) is 25.5 Å². The van der Waals surface area contributed by atoms with Gasteiger partial charge >= 0.3 is 6.18 Å². The Labute approximate surface area is 185 Å². The van der Waals surface area contributed by atoms with Gasteiger partial charge in [0.2, 0.25) is 5.91 Å². The molecule has 4 aromatic rings. The molecule has 33 heavy (non-hydrogen) atoms. The van der Waals surface area contributed by atoms with Crippen molar-refractivity contribution in [2.45, 2.75) is 31.5 Å². The zero-order chi connectivity index (χ0) is 23.2. The van der Waals surface area contributed by atoms with Crippen molar-refractivity contribution in [1.82, 2.24) is 19.6 Å². The topological polar surface area (TPSA) is 81.8 Å². The van der Waals surface area contributed by atoms with Crippen LogP contribution < -0.4 is 10.9 Å². The molecule has 168 valence electrons. The number of benzene rings is 2. The molecule has 0 spiro atoms. The summed E-state index contributed by atoms with van der Waals surface area (Å²) in [6.45, 7) is -0.440. The molecule has 0 bridgehead atoms. The average Bonchev–Trinajstić information content (AvgIpc) is 3.53.